The third kappa shape index (κ3) is 5.66. The summed E-state index contributed by atoms with van der Waals surface area (Å²) in [6.07, 6.45) is 3.18. The van der Waals surface area contributed by atoms with E-state index in [0.717, 1.165) is 25.9 Å². The Bertz CT molecular complexity index is 340. The summed E-state index contributed by atoms with van der Waals surface area (Å²) in [7, 11) is 0. The Morgan fingerprint density at radius 3 is 2.11 bits per heavy atom. The molecule has 0 saturated carbocycles. The second-order valence-electron chi connectivity index (χ2n) is 6.90. The number of rotatable bonds is 2. The standard InChI is InChI=1S/C16H29NO2/c1-12(2)13(3)11-14-7-9-17(10-8-14)15(18)19-16(4,5)6/h14H,7-11H2,1-6H3. The number of amides is 1. The van der Waals surface area contributed by atoms with Crippen LogP contribution in [0, 0.1) is 5.92 Å². The zero-order valence-electron chi connectivity index (χ0n) is 13.4. The van der Waals surface area contributed by atoms with Gasteiger partial charge in [0.05, 0.1) is 0 Å². The highest BCUT2D eigenvalue weighted by Crippen LogP contribution is 2.26. The van der Waals surface area contributed by atoms with Gasteiger partial charge in [-0.05, 0) is 66.7 Å². The molecule has 0 unspecified atom stereocenters. The van der Waals surface area contributed by atoms with Crippen LogP contribution in [0.15, 0.2) is 11.1 Å². The zero-order valence-corrected chi connectivity index (χ0v) is 13.4. The zero-order chi connectivity index (χ0) is 14.6. The summed E-state index contributed by atoms with van der Waals surface area (Å²) in [6, 6.07) is 0. The van der Waals surface area contributed by atoms with Crippen LogP contribution >= 0.6 is 0 Å². The van der Waals surface area contributed by atoms with Crippen molar-refractivity contribution in [2.75, 3.05) is 13.1 Å². The molecular formula is C16H29NO2. The van der Waals surface area contributed by atoms with E-state index in [0.29, 0.717) is 5.92 Å². The van der Waals surface area contributed by atoms with Gasteiger partial charge < -0.3 is 9.64 Å². The average Bonchev–Trinajstić information content (AvgIpc) is 2.27. The van der Waals surface area contributed by atoms with Crippen molar-refractivity contribution in [3.63, 3.8) is 0 Å². The lowest BCUT2D eigenvalue weighted by Crippen LogP contribution is -2.41. The van der Waals surface area contributed by atoms with Crippen LogP contribution in [0.1, 0.15) is 60.8 Å². The number of hydrogen-bond acceptors (Lipinski definition) is 2. The molecule has 0 N–H and O–H groups in total. The fraction of sp³-hybridized carbons (Fsp3) is 0.812. The summed E-state index contributed by atoms with van der Waals surface area (Å²) in [6.45, 7) is 14.0. The van der Waals surface area contributed by atoms with Gasteiger partial charge >= 0.3 is 6.09 Å². The molecule has 1 aliphatic rings. The first-order valence-corrected chi connectivity index (χ1v) is 7.30. The Hall–Kier alpha value is -0.990. The first-order valence-electron chi connectivity index (χ1n) is 7.30. The van der Waals surface area contributed by atoms with Crippen molar-refractivity contribution >= 4 is 6.09 Å². The first kappa shape index (κ1) is 16.1. The molecule has 3 nitrogen and oxygen atoms in total. The van der Waals surface area contributed by atoms with Crippen molar-refractivity contribution < 1.29 is 9.53 Å². The van der Waals surface area contributed by atoms with Crippen LogP contribution in [-0.2, 0) is 4.74 Å². The molecule has 1 amide bonds. The molecule has 0 aromatic carbocycles. The molecule has 0 atom stereocenters. The van der Waals surface area contributed by atoms with E-state index >= 15 is 0 Å². The highest BCUT2D eigenvalue weighted by atomic mass is 16.6. The second-order valence-corrected chi connectivity index (χ2v) is 6.90. The molecule has 3 heteroatoms. The van der Waals surface area contributed by atoms with Gasteiger partial charge in [0.25, 0.3) is 0 Å². The van der Waals surface area contributed by atoms with Crippen LogP contribution in [0.2, 0.25) is 0 Å². The van der Waals surface area contributed by atoms with Crippen LogP contribution in [0.5, 0.6) is 0 Å². The third-order valence-electron chi connectivity index (χ3n) is 3.71. The van der Waals surface area contributed by atoms with Crippen molar-refractivity contribution in [2.45, 2.75) is 66.4 Å². The largest absolute Gasteiger partial charge is 0.444 e. The minimum absolute atomic E-state index is 0.162. The highest BCUT2D eigenvalue weighted by Gasteiger charge is 2.26. The summed E-state index contributed by atoms with van der Waals surface area (Å²) in [4.78, 5) is 13.8. The number of hydrogen-bond donors (Lipinski definition) is 0. The summed E-state index contributed by atoms with van der Waals surface area (Å²) in [5.41, 5.74) is 2.53. The van der Waals surface area contributed by atoms with Gasteiger partial charge in [0, 0.05) is 13.1 Å². The number of allylic oxidation sites excluding steroid dienone is 2. The predicted octanol–water partition coefficient (Wildman–Crippen LogP) is 4.38. The van der Waals surface area contributed by atoms with Crippen molar-refractivity contribution in [2.24, 2.45) is 5.92 Å². The van der Waals surface area contributed by atoms with Crippen molar-refractivity contribution in [3.8, 4) is 0 Å². The summed E-state index contributed by atoms with van der Waals surface area (Å²) in [5, 5.41) is 0. The van der Waals surface area contributed by atoms with Crippen molar-refractivity contribution in [3.05, 3.63) is 11.1 Å². The van der Waals surface area contributed by atoms with Crippen LogP contribution in [0.25, 0.3) is 0 Å². The second kappa shape index (κ2) is 6.44. The molecule has 1 saturated heterocycles. The SMILES string of the molecule is CC(C)=C(C)CC1CCN(C(=O)OC(C)(C)C)CC1. The minimum Gasteiger partial charge on any atom is -0.444 e. The monoisotopic (exact) mass is 267 g/mol. The number of ether oxygens (including phenoxy) is 1. The fourth-order valence-electron chi connectivity index (χ4n) is 2.28. The van der Waals surface area contributed by atoms with Gasteiger partial charge in [-0.1, -0.05) is 11.1 Å². The normalized spacial score (nSPS) is 17.3. The molecule has 1 fully saturated rings. The smallest absolute Gasteiger partial charge is 0.410 e. The van der Waals surface area contributed by atoms with Crippen LogP contribution in [0.4, 0.5) is 4.79 Å². The number of likely N-dealkylation sites (tertiary alicyclic amines) is 1. The van der Waals surface area contributed by atoms with Gasteiger partial charge in [0.2, 0.25) is 0 Å². The van der Waals surface area contributed by atoms with Crippen LogP contribution in [0.3, 0.4) is 0 Å². The van der Waals surface area contributed by atoms with E-state index in [1.54, 1.807) is 0 Å². The van der Waals surface area contributed by atoms with Gasteiger partial charge in [-0.15, -0.1) is 0 Å². The molecule has 0 radical (unpaired) electrons. The molecule has 0 aromatic heterocycles. The van der Waals surface area contributed by atoms with Gasteiger partial charge in [-0.25, -0.2) is 4.79 Å². The molecule has 1 rings (SSSR count). The van der Waals surface area contributed by atoms with E-state index < -0.39 is 5.60 Å². The van der Waals surface area contributed by atoms with E-state index in [1.165, 1.54) is 17.6 Å². The van der Waals surface area contributed by atoms with E-state index in [4.69, 9.17) is 4.74 Å². The molecule has 0 aromatic rings. The highest BCUT2D eigenvalue weighted by molar-refractivity contribution is 5.68. The van der Waals surface area contributed by atoms with E-state index in [2.05, 4.69) is 20.8 Å². The molecular weight excluding hydrogens is 238 g/mol. The molecule has 19 heavy (non-hydrogen) atoms. The Morgan fingerprint density at radius 1 is 1.16 bits per heavy atom. The maximum atomic E-state index is 11.9. The number of carbonyl (C=O) groups is 1. The lowest BCUT2D eigenvalue weighted by atomic mass is 9.89. The molecule has 1 aliphatic heterocycles. The average molecular weight is 267 g/mol. The molecule has 110 valence electrons. The maximum absolute atomic E-state index is 11.9. The lowest BCUT2D eigenvalue weighted by molar-refractivity contribution is 0.0184. The number of nitrogens with zero attached hydrogens (tertiary/aromatic N) is 1. The fourth-order valence-corrected chi connectivity index (χ4v) is 2.28. The molecule has 0 spiro atoms. The maximum Gasteiger partial charge on any atom is 0.410 e. The molecule has 0 aliphatic carbocycles. The van der Waals surface area contributed by atoms with Crippen LogP contribution in [-0.4, -0.2) is 29.7 Å². The van der Waals surface area contributed by atoms with Crippen molar-refractivity contribution in [1.82, 2.24) is 4.90 Å². The van der Waals surface area contributed by atoms with Crippen molar-refractivity contribution in [1.29, 1.82) is 0 Å². The summed E-state index contributed by atoms with van der Waals surface area (Å²) < 4.78 is 5.41. The van der Waals surface area contributed by atoms with Gasteiger partial charge in [0.15, 0.2) is 0 Å². The van der Waals surface area contributed by atoms with E-state index in [9.17, 15) is 4.79 Å². The third-order valence-corrected chi connectivity index (χ3v) is 3.71. The van der Waals surface area contributed by atoms with Gasteiger partial charge in [0.1, 0.15) is 5.60 Å². The van der Waals surface area contributed by atoms with E-state index in [1.807, 2.05) is 25.7 Å². The quantitative estimate of drug-likeness (QED) is 0.695. The van der Waals surface area contributed by atoms with E-state index in [-0.39, 0.29) is 6.09 Å². The first-order chi connectivity index (χ1) is 8.69. The predicted molar refractivity (Wildman–Crippen MR) is 79.2 cm³/mol. The van der Waals surface area contributed by atoms with Gasteiger partial charge in [-0.3, -0.25) is 0 Å². The number of piperidine rings is 1. The van der Waals surface area contributed by atoms with Crippen LogP contribution < -0.4 is 0 Å². The Morgan fingerprint density at radius 2 is 1.68 bits per heavy atom. The topological polar surface area (TPSA) is 29.5 Å². The van der Waals surface area contributed by atoms with Gasteiger partial charge in [-0.2, -0.15) is 0 Å². The number of carbonyl (C=O) groups excluding carboxylic acids is 1. The molecule has 0 bridgehead atoms. The summed E-state index contributed by atoms with van der Waals surface area (Å²) >= 11 is 0. The Kier molecular flexibility index (Phi) is 5.45. The Balaban J connectivity index is 2.41. The lowest BCUT2D eigenvalue weighted by Gasteiger charge is -2.33. The summed E-state index contributed by atoms with van der Waals surface area (Å²) in [5.74, 6) is 0.716. The Labute approximate surface area is 118 Å². The minimum atomic E-state index is -0.396. The molecule has 1 heterocycles.